The lowest BCUT2D eigenvalue weighted by atomic mass is 10.7. The largest absolute Gasteiger partial charge is 0.272 e. The second-order valence-corrected chi connectivity index (χ2v) is 3.84. The molecule has 0 aromatic carbocycles. The second kappa shape index (κ2) is 4.19. The average Bonchev–Trinajstić information content (AvgIpc) is 2.98. The summed E-state index contributed by atoms with van der Waals surface area (Å²) in [7, 11) is 0. The lowest BCUT2D eigenvalue weighted by Crippen LogP contribution is -2.09. The molecule has 3 aromatic heterocycles. The van der Waals surface area contributed by atoms with Crippen LogP contribution >= 0.6 is 11.6 Å². The van der Waals surface area contributed by atoms with Crippen molar-refractivity contribution in [1.29, 1.82) is 0 Å². The molecule has 0 aliphatic rings. The topological polar surface area (TPSA) is 74.3 Å². The van der Waals surface area contributed by atoms with E-state index in [0.29, 0.717) is 11.9 Å². The summed E-state index contributed by atoms with van der Waals surface area (Å²) in [6.45, 7) is 1.85. The van der Waals surface area contributed by atoms with Crippen molar-refractivity contribution in [3.8, 4) is 11.9 Å². The van der Waals surface area contributed by atoms with E-state index in [1.165, 1.54) is 4.68 Å². The molecular weight excluding hydrogens is 254 g/mol. The molecule has 3 aromatic rings. The van der Waals surface area contributed by atoms with Crippen molar-refractivity contribution in [3.05, 3.63) is 42.0 Å². The summed E-state index contributed by atoms with van der Waals surface area (Å²) in [5, 5.41) is 4.16. The molecule has 90 valence electrons. The lowest BCUT2D eigenvalue weighted by Gasteiger charge is -2.05. The first-order chi connectivity index (χ1) is 8.74. The van der Waals surface area contributed by atoms with Crippen LogP contribution in [-0.4, -0.2) is 34.3 Å². The predicted octanol–water partition coefficient (Wildman–Crippen LogP) is 1.20. The first-order valence-electron chi connectivity index (χ1n) is 5.16. The van der Waals surface area contributed by atoms with Gasteiger partial charge in [0.15, 0.2) is 0 Å². The first-order valence-corrected chi connectivity index (χ1v) is 5.54. The quantitative estimate of drug-likeness (QED) is 0.693. The van der Waals surface area contributed by atoms with Crippen LogP contribution in [0.5, 0.6) is 0 Å². The van der Waals surface area contributed by atoms with Gasteiger partial charge in [-0.2, -0.15) is 20.1 Å². The van der Waals surface area contributed by atoms with Gasteiger partial charge in [-0.05, 0) is 24.6 Å². The van der Waals surface area contributed by atoms with E-state index in [9.17, 15) is 0 Å². The Balaban J connectivity index is 2.15. The Morgan fingerprint density at radius 3 is 2.56 bits per heavy atom. The number of hydrogen-bond donors (Lipinski definition) is 0. The van der Waals surface area contributed by atoms with Crippen LogP contribution in [0.25, 0.3) is 11.9 Å². The summed E-state index contributed by atoms with van der Waals surface area (Å²) < 4.78 is 3.24. The number of nitrogens with zero attached hydrogens (tertiary/aromatic N) is 7. The Morgan fingerprint density at radius 1 is 1.06 bits per heavy atom. The average molecular weight is 262 g/mol. The van der Waals surface area contributed by atoms with E-state index in [0.717, 1.165) is 5.82 Å². The van der Waals surface area contributed by atoms with Crippen LogP contribution in [0.1, 0.15) is 5.82 Å². The van der Waals surface area contributed by atoms with Gasteiger partial charge in [-0.25, -0.2) is 9.67 Å². The zero-order chi connectivity index (χ0) is 12.5. The maximum atomic E-state index is 5.90. The molecule has 8 heteroatoms. The number of rotatable bonds is 2. The van der Waals surface area contributed by atoms with Gasteiger partial charge in [0, 0.05) is 24.8 Å². The summed E-state index contributed by atoms with van der Waals surface area (Å²) in [6.07, 6.45) is 6.80. The first kappa shape index (κ1) is 10.8. The van der Waals surface area contributed by atoms with Crippen LogP contribution in [0.15, 0.2) is 30.9 Å². The number of aromatic nitrogens is 7. The molecule has 0 amide bonds. The fourth-order valence-corrected chi connectivity index (χ4v) is 1.67. The molecule has 7 nitrogen and oxygen atoms in total. The molecule has 0 N–H and O–H groups in total. The second-order valence-electron chi connectivity index (χ2n) is 3.50. The van der Waals surface area contributed by atoms with Crippen molar-refractivity contribution in [2.45, 2.75) is 6.92 Å². The van der Waals surface area contributed by atoms with Gasteiger partial charge in [0.25, 0.3) is 5.95 Å². The summed E-state index contributed by atoms with van der Waals surface area (Å²) in [4.78, 5) is 16.5. The van der Waals surface area contributed by atoms with Crippen molar-refractivity contribution in [2.24, 2.45) is 0 Å². The molecule has 0 radical (unpaired) electrons. The molecule has 3 rings (SSSR count). The zero-order valence-corrected chi connectivity index (χ0v) is 10.2. The van der Waals surface area contributed by atoms with Crippen LogP contribution in [0, 0.1) is 6.92 Å². The Labute approximate surface area is 107 Å². The Hall–Kier alpha value is -2.28. The van der Waals surface area contributed by atoms with Gasteiger partial charge in [0.2, 0.25) is 11.2 Å². The highest BCUT2D eigenvalue weighted by Crippen LogP contribution is 2.10. The minimum atomic E-state index is 0.110. The van der Waals surface area contributed by atoms with Gasteiger partial charge in [-0.15, -0.1) is 0 Å². The molecule has 0 spiro atoms. The van der Waals surface area contributed by atoms with Crippen molar-refractivity contribution >= 4 is 11.6 Å². The molecule has 18 heavy (non-hydrogen) atoms. The molecule has 0 aliphatic carbocycles. The van der Waals surface area contributed by atoms with Gasteiger partial charge in [-0.1, -0.05) is 0 Å². The summed E-state index contributed by atoms with van der Waals surface area (Å²) in [6, 6.07) is 1.78. The maximum absolute atomic E-state index is 5.90. The van der Waals surface area contributed by atoms with Crippen LogP contribution in [0.2, 0.25) is 5.28 Å². The molecule has 3 heterocycles. The monoisotopic (exact) mass is 261 g/mol. The molecule has 0 aliphatic heterocycles. The Bertz CT molecular complexity index is 673. The molecule has 0 saturated carbocycles. The van der Waals surface area contributed by atoms with Crippen molar-refractivity contribution in [2.75, 3.05) is 0 Å². The summed E-state index contributed by atoms with van der Waals surface area (Å²) in [5.41, 5.74) is 0. The normalized spacial score (nSPS) is 10.8. The van der Waals surface area contributed by atoms with Gasteiger partial charge in [0.1, 0.15) is 5.82 Å². The van der Waals surface area contributed by atoms with E-state index in [1.807, 2.05) is 6.92 Å². The number of halogens is 1. The number of aryl methyl sites for hydroxylation is 1. The minimum Gasteiger partial charge on any atom is -0.272 e. The van der Waals surface area contributed by atoms with E-state index >= 15 is 0 Å². The zero-order valence-electron chi connectivity index (χ0n) is 9.40. The molecule has 0 saturated heterocycles. The van der Waals surface area contributed by atoms with Gasteiger partial charge < -0.3 is 0 Å². The van der Waals surface area contributed by atoms with Gasteiger partial charge >= 0.3 is 0 Å². The number of hydrogen-bond acceptors (Lipinski definition) is 5. The molecular formula is C10H8ClN7. The van der Waals surface area contributed by atoms with E-state index < -0.39 is 0 Å². The molecule has 0 fully saturated rings. The summed E-state index contributed by atoms with van der Waals surface area (Å²) >= 11 is 5.90. The highest BCUT2D eigenvalue weighted by molar-refractivity contribution is 6.28. The van der Waals surface area contributed by atoms with Crippen LogP contribution < -0.4 is 0 Å². The highest BCUT2D eigenvalue weighted by atomic mass is 35.5. The third kappa shape index (κ3) is 1.84. The van der Waals surface area contributed by atoms with Crippen LogP contribution in [0.3, 0.4) is 0 Å². The fraction of sp³-hybridized carbons (Fsp3) is 0.100. The predicted molar refractivity (Wildman–Crippen MR) is 63.8 cm³/mol. The molecule has 0 bridgehead atoms. The van der Waals surface area contributed by atoms with Gasteiger partial charge in [-0.3, -0.25) is 4.57 Å². The minimum absolute atomic E-state index is 0.110. The van der Waals surface area contributed by atoms with E-state index in [1.54, 1.807) is 35.4 Å². The highest BCUT2D eigenvalue weighted by Gasteiger charge is 2.10. The third-order valence-electron chi connectivity index (χ3n) is 2.34. The summed E-state index contributed by atoms with van der Waals surface area (Å²) in [5.74, 6) is 1.54. The van der Waals surface area contributed by atoms with E-state index in [2.05, 4.69) is 25.0 Å². The standard InChI is InChI=1S/C10H8ClN7/c1-7-12-4-6-17(7)9-14-8(11)15-10(16-9)18-5-2-3-13-18/h2-6H,1H3. The van der Waals surface area contributed by atoms with Gasteiger partial charge in [0.05, 0.1) is 0 Å². The SMILES string of the molecule is Cc1nccn1-c1nc(Cl)nc(-n2cccn2)n1. The Morgan fingerprint density at radius 2 is 1.89 bits per heavy atom. The van der Waals surface area contributed by atoms with Crippen LogP contribution in [0.4, 0.5) is 0 Å². The lowest BCUT2D eigenvalue weighted by molar-refractivity contribution is 0.767. The fourth-order valence-electron chi connectivity index (χ4n) is 1.52. The van der Waals surface area contributed by atoms with E-state index in [-0.39, 0.29) is 5.28 Å². The van der Waals surface area contributed by atoms with E-state index in [4.69, 9.17) is 11.6 Å². The van der Waals surface area contributed by atoms with Crippen molar-refractivity contribution in [1.82, 2.24) is 34.3 Å². The van der Waals surface area contributed by atoms with Crippen molar-refractivity contribution in [3.63, 3.8) is 0 Å². The third-order valence-corrected chi connectivity index (χ3v) is 2.50. The van der Waals surface area contributed by atoms with Crippen LogP contribution in [-0.2, 0) is 0 Å². The number of imidazole rings is 1. The Kier molecular flexibility index (Phi) is 2.52. The van der Waals surface area contributed by atoms with Crippen molar-refractivity contribution < 1.29 is 0 Å². The molecule has 0 atom stereocenters. The molecule has 0 unspecified atom stereocenters. The smallest absolute Gasteiger partial charge is 0.256 e. The maximum Gasteiger partial charge on any atom is 0.256 e.